The van der Waals surface area contributed by atoms with Crippen LogP contribution in [0.2, 0.25) is 0 Å². The van der Waals surface area contributed by atoms with Gasteiger partial charge in [0.2, 0.25) is 5.91 Å². The smallest absolute Gasteiger partial charge is 0.223 e. The largest absolute Gasteiger partial charge is 0.356 e. The first-order valence-corrected chi connectivity index (χ1v) is 6.65. The van der Waals surface area contributed by atoms with Crippen LogP contribution in [0.15, 0.2) is 24.5 Å². The van der Waals surface area contributed by atoms with Crippen molar-refractivity contribution in [3.05, 3.63) is 30.1 Å². The van der Waals surface area contributed by atoms with Crippen molar-refractivity contribution in [1.29, 1.82) is 0 Å². The highest BCUT2D eigenvalue weighted by Crippen LogP contribution is 2.15. The Labute approximate surface area is 120 Å². The Morgan fingerprint density at radius 1 is 1.58 bits per heavy atom. The zero-order valence-corrected chi connectivity index (χ0v) is 12.1. The summed E-state index contributed by atoms with van der Waals surface area (Å²) in [4.78, 5) is 16.0. The van der Waals surface area contributed by atoms with E-state index in [1.165, 1.54) is 0 Å². The number of pyridine rings is 1. The molecule has 4 nitrogen and oxygen atoms in total. The van der Waals surface area contributed by atoms with Crippen LogP contribution >= 0.6 is 12.4 Å². The van der Waals surface area contributed by atoms with E-state index in [9.17, 15) is 4.79 Å². The minimum absolute atomic E-state index is 0. The number of aromatic nitrogens is 1. The molecule has 0 aliphatic carbocycles. The normalized spacial score (nSPS) is 22.4. The van der Waals surface area contributed by atoms with Crippen LogP contribution in [0, 0.1) is 5.92 Å². The second kappa shape index (κ2) is 8.12. The summed E-state index contributed by atoms with van der Waals surface area (Å²) in [5.41, 5.74) is 1.16. The predicted octanol–water partition coefficient (Wildman–Crippen LogP) is 1.55. The Kier molecular flexibility index (Phi) is 6.81. The highest BCUT2D eigenvalue weighted by molar-refractivity contribution is 5.85. The molecule has 1 aromatic rings. The first kappa shape index (κ1) is 15.9. The number of carbonyl (C=O) groups excluding carboxylic acids is 1. The van der Waals surface area contributed by atoms with Crippen molar-refractivity contribution >= 4 is 18.3 Å². The lowest BCUT2D eigenvalue weighted by atomic mass is 9.92. The number of halogens is 1. The molecule has 2 N–H and O–H groups in total. The van der Waals surface area contributed by atoms with Crippen LogP contribution in [0.4, 0.5) is 0 Å². The van der Waals surface area contributed by atoms with Crippen molar-refractivity contribution in [2.24, 2.45) is 5.92 Å². The highest BCUT2D eigenvalue weighted by Gasteiger charge is 2.24. The molecule has 0 radical (unpaired) electrons. The first-order chi connectivity index (χ1) is 8.75. The van der Waals surface area contributed by atoms with E-state index < -0.39 is 0 Å². The lowest BCUT2D eigenvalue weighted by Crippen LogP contribution is -2.42. The molecule has 2 heterocycles. The third kappa shape index (κ3) is 5.17. The van der Waals surface area contributed by atoms with E-state index in [0.29, 0.717) is 12.6 Å². The number of piperidine rings is 1. The summed E-state index contributed by atoms with van der Waals surface area (Å²) in [6, 6.07) is 4.41. The molecule has 1 fully saturated rings. The number of amides is 1. The molecule has 2 rings (SSSR count). The zero-order chi connectivity index (χ0) is 12.8. The summed E-state index contributed by atoms with van der Waals surface area (Å²) in [5, 5.41) is 6.39. The van der Waals surface area contributed by atoms with E-state index in [1.807, 2.05) is 18.3 Å². The maximum atomic E-state index is 12.0. The Balaban J connectivity index is 0.00000180. The van der Waals surface area contributed by atoms with Crippen LogP contribution in [0.3, 0.4) is 0 Å². The molecular formula is C14H22ClN3O. The lowest BCUT2D eigenvalue weighted by Gasteiger charge is -2.27. The minimum Gasteiger partial charge on any atom is -0.356 e. The molecule has 1 amide bonds. The number of hydrogen-bond donors (Lipinski definition) is 2. The molecule has 0 unspecified atom stereocenters. The Bertz CT molecular complexity index is 386. The van der Waals surface area contributed by atoms with Gasteiger partial charge in [-0.2, -0.15) is 0 Å². The SMILES string of the molecule is C[C@H]1C[C@@H](C(=O)NCCc2cccnc2)CCN1.Cl. The van der Waals surface area contributed by atoms with Crippen LogP contribution in [-0.2, 0) is 11.2 Å². The number of carbonyl (C=O) groups is 1. The van der Waals surface area contributed by atoms with Crippen molar-refractivity contribution in [3.63, 3.8) is 0 Å². The Morgan fingerprint density at radius 3 is 3.11 bits per heavy atom. The fourth-order valence-corrected chi connectivity index (χ4v) is 2.39. The quantitative estimate of drug-likeness (QED) is 0.882. The zero-order valence-electron chi connectivity index (χ0n) is 11.3. The molecule has 0 spiro atoms. The molecule has 2 atom stereocenters. The summed E-state index contributed by atoms with van der Waals surface area (Å²) in [6.45, 7) is 3.78. The van der Waals surface area contributed by atoms with Crippen molar-refractivity contribution < 1.29 is 4.79 Å². The van der Waals surface area contributed by atoms with Gasteiger partial charge in [0.15, 0.2) is 0 Å². The molecule has 0 bridgehead atoms. The van der Waals surface area contributed by atoms with Gasteiger partial charge in [0.25, 0.3) is 0 Å². The maximum Gasteiger partial charge on any atom is 0.223 e. The molecule has 1 saturated heterocycles. The summed E-state index contributed by atoms with van der Waals surface area (Å²) >= 11 is 0. The number of rotatable bonds is 4. The van der Waals surface area contributed by atoms with Gasteiger partial charge in [-0.15, -0.1) is 12.4 Å². The fourth-order valence-electron chi connectivity index (χ4n) is 2.39. The fraction of sp³-hybridized carbons (Fsp3) is 0.571. The molecule has 0 saturated carbocycles. The van der Waals surface area contributed by atoms with Crippen LogP contribution in [0.1, 0.15) is 25.3 Å². The summed E-state index contributed by atoms with van der Waals surface area (Å²) in [5.74, 6) is 0.377. The number of nitrogens with one attached hydrogen (secondary N) is 2. The van der Waals surface area contributed by atoms with E-state index in [-0.39, 0.29) is 24.2 Å². The van der Waals surface area contributed by atoms with Crippen molar-refractivity contribution in [3.8, 4) is 0 Å². The van der Waals surface area contributed by atoms with Gasteiger partial charge in [0, 0.05) is 30.9 Å². The maximum absolute atomic E-state index is 12.0. The van der Waals surface area contributed by atoms with Gasteiger partial charge in [-0.25, -0.2) is 0 Å². The van der Waals surface area contributed by atoms with Gasteiger partial charge in [-0.05, 0) is 44.4 Å². The van der Waals surface area contributed by atoms with Crippen LogP contribution in [0.25, 0.3) is 0 Å². The molecule has 1 aliphatic rings. The van der Waals surface area contributed by atoms with Crippen LogP contribution in [0.5, 0.6) is 0 Å². The monoisotopic (exact) mass is 283 g/mol. The summed E-state index contributed by atoms with van der Waals surface area (Å²) in [6.07, 6.45) is 6.35. The topological polar surface area (TPSA) is 54.0 Å². The minimum atomic E-state index is 0. The molecule has 1 aliphatic heterocycles. The third-order valence-electron chi connectivity index (χ3n) is 3.43. The lowest BCUT2D eigenvalue weighted by molar-refractivity contribution is -0.126. The van der Waals surface area contributed by atoms with Gasteiger partial charge in [0.1, 0.15) is 0 Å². The number of nitrogens with zero attached hydrogens (tertiary/aromatic N) is 1. The van der Waals surface area contributed by atoms with Crippen LogP contribution in [-0.4, -0.2) is 30.0 Å². The average Bonchev–Trinajstić information content (AvgIpc) is 2.40. The van der Waals surface area contributed by atoms with Crippen molar-refractivity contribution in [1.82, 2.24) is 15.6 Å². The third-order valence-corrected chi connectivity index (χ3v) is 3.43. The standard InChI is InChI=1S/C14H21N3O.ClH/c1-11-9-13(5-8-16-11)14(18)17-7-4-12-3-2-6-15-10-12;/h2-3,6,10-11,13,16H,4-5,7-9H2,1H3,(H,17,18);1H/t11-,13-;/m0./s1. The van der Waals surface area contributed by atoms with Gasteiger partial charge in [0.05, 0.1) is 0 Å². The Hall–Kier alpha value is -1.13. The molecule has 106 valence electrons. The molecule has 0 aromatic carbocycles. The molecule has 19 heavy (non-hydrogen) atoms. The summed E-state index contributed by atoms with van der Waals surface area (Å²) in [7, 11) is 0. The van der Waals surface area contributed by atoms with E-state index in [0.717, 1.165) is 31.4 Å². The van der Waals surface area contributed by atoms with Gasteiger partial charge in [-0.3, -0.25) is 9.78 Å². The van der Waals surface area contributed by atoms with E-state index in [2.05, 4.69) is 22.5 Å². The van der Waals surface area contributed by atoms with E-state index >= 15 is 0 Å². The van der Waals surface area contributed by atoms with Gasteiger partial charge >= 0.3 is 0 Å². The van der Waals surface area contributed by atoms with Crippen molar-refractivity contribution in [2.45, 2.75) is 32.2 Å². The van der Waals surface area contributed by atoms with Crippen molar-refractivity contribution in [2.75, 3.05) is 13.1 Å². The van der Waals surface area contributed by atoms with Gasteiger partial charge in [-0.1, -0.05) is 6.07 Å². The number of hydrogen-bond acceptors (Lipinski definition) is 3. The molecule has 5 heteroatoms. The predicted molar refractivity (Wildman–Crippen MR) is 78.4 cm³/mol. The Morgan fingerprint density at radius 2 is 2.42 bits per heavy atom. The summed E-state index contributed by atoms with van der Waals surface area (Å²) < 4.78 is 0. The molecular weight excluding hydrogens is 262 g/mol. The average molecular weight is 284 g/mol. The second-order valence-electron chi connectivity index (χ2n) is 4.98. The van der Waals surface area contributed by atoms with Crippen LogP contribution < -0.4 is 10.6 Å². The molecule has 1 aromatic heterocycles. The van der Waals surface area contributed by atoms with E-state index in [4.69, 9.17) is 0 Å². The highest BCUT2D eigenvalue weighted by atomic mass is 35.5. The second-order valence-corrected chi connectivity index (χ2v) is 4.98. The van der Waals surface area contributed by atoms with Gasteiger partial charge < -0.3 is 10.6 Å². The van der Waals surface area contributed by atoms with E-state index in [1.54, 1.807) is 6.20 Å². The first-order valence-electron chi connectivity index (χ1n) is 6.65.